The first-order chi connectivity index (χ1) is 19.5. The zero-order valence-corrected chi connectivity index (χ0v) is 25.5. The number of carbonyl (C=O) groups is 1. The number of halogens is 1. The molecule has 1 amide bonds. The van der Waals surface area contributed by atoms with E-state index in [-0.39, 0.29) is 54.7 Å². The van der Waals surface area contributed by atoms with Crippen LogP contribution in [-0.4, -0.2) is 67.3 Å². The molecular weight excluding hydrogens is 563 g/mol. The third-order valence-electron chi connectivity index (χ3n) is 8.06. The number of aromatic nitrogens is 1. The van der Waals surface area contributed by atoms with E-state index in [0.717, 1.165) is 21.3 Å². The molecule has 1 saturated heterocycles. The van der Waals surface area contributed by atoms with Crippen molar-refractivity contribution in [1.29, 1.82) is 0 Å². The molecule has 0 spiro atoms. The fourth-order valence-corrected chi connectivity index (χ4v) is 8.44. The largest absolute Gasteiger partial charge is 0.396 e. The summed E-state index contributed by atoms with van der Waals surface area (Å²) in [7, 11) is -4.19. The van der Waals surface area contributed by atoms with Gasteiger partial charge in [-0.05, 0) is 66.8 Å². The number of fused-ring (bicyclic) bond motifs is 2. The van der Waals surface area contributed by atoms with Gasteiger partial charge in [-0.25, -0.2) is 17.8 Å². The zero-order valence-electron chi connectivity index (χ0n) is 23.8. The number of rotatable bonds is 9. The summed E-state index contributed by atoms with van der Waals surface area (Å²) in [6.45, 7) is 6.89. The van der Waals surface area contributed by atoms with Crippen LogP contribution in [0.3, 0.4) is 0 Å². The van der Waals surface area contributed by atoms with E-state index in [1.54, 1.807) is 11.0 Å². The van der Waals surface area contributed by atoms with Crippen LogP contribution >= 0.6 is 11.3 Å². The number of piperidine rings is 1. The van der Waals surface area contributed by atoms with Crippen molar-refractivity contribution in [3.63, 3.8) is 0 Å². The summed E-state index contributed by atoms with van der Waals surface area (Å²) < 4.78 is 46.2. The van der Waals surface area contributed by atoms with Crippen LogP contribution in [0.25, 0.3) is 10.2 Å². The maximum Gasteiger partial charge on any atom is 0.243 e. The first-order valence-corrected chi connectivity index (χ1v) is 16.6. The van der Waals surface area contributed by atoms with Gasteiger partial charge in [0, 0.05) is 32.2 Å². The Labute approximate surface area is 245 Å². The van der Waals surface area contributed by atoms with Crippen LogP contribution < -0.4 is 10.0 Å². The molecule has 0 aliphatic carbocycles. The van der Waals surface area contributed by atoms with Gasteiger partial charge in [-0.15, -0.1) is 11.3 Å². The fourth-order valence-electron chi connectivity index (χ4n) is 5.96. The summed E-state index contributed by atoms with van der Waals surface area (Å²) >= 11 is 1.43. The van der Waals surface area contributed by atoms with E-state index >= 15 is 0 Å². The van der Waals surface area contributed by atoms with Crippen LogP contribution in [0.15, 0.2) is 41.3 Å². The Bertz CT molecular complexity index is 1490. The lowest BCUT2D eigenvalue weighted by atomic mass is 9.81. The molecule has 5 rings (SSSR count). The maximum atomic E-state index is 14.2. The van der Waals surface area contributed by atoms with Gasteiger partial charge < -0.3 is 15.3 Å². The van der Waals surface area contributed by atoms with Crippen molar-refractivity contribution >= 4 is 43.2 Å². The number of carbonyl (C=O) groups excluding carboxylic acids is 1. The van der Waals surface area contributed by atoms with E-state index in [2.05, 4.69) is 28.9 Å². The molecule has 8 nitrogen and oxygen atoms in total. The number of thiazole rings is 1. The molecule has 1 aromatic heterocycles. The number of para-hydroxylation sites is 1. The normalized spacial score (nSPS) is 21.3. The van der Waals surface area contributed by atoms with E-state index in [9.17, 15) is 22.7 Å². The second-order valence-corrected chi connectivity index (χ2v) is 14.8. The van der Waals surface area contributed by atoms with Gasteiger partial charge in [0.2, 0.25) is 15.9 Å². The number of hydrogen-bond donors (Lipinski definition) is 3. The van der Waals surface area contributed by atoms with Crippen LogP contribution in [0.1, 0.15) is 56.2 Å². The maximum absolute atomic E-state index is 14.2. The van der Waals surface area contributed by atoms with E-state index in [0.29, 0.717) is 36.5 Å². The minimum absolute atomic E-state index is 0.0671. The topological polar surface area (TPSA) is 112 Å². The van der Waals surface area contributed by atoms with E-state index in [4.69, 9.17) is 0 Å². The minimum Gasteiger partial charge on any atom is -0.396 e. The number of benzene rings is 2. The highest BCUT2D eigenvalue weighted by atomic mass is 32.2. The molecule has 11 heteroatoms. The Morgan fingerprint density at radius 3 is 2.83 bits per heavy atom. The van der Waals surface area contributed by atoms with Crippen LogP contribution in [0.2, 0.25) is 0 Å². The molecule has 222 valence electrons. The SMILES string of the molecule is CCC1CC(F)CCN1C(=O)[C@H](Cc1nc2ccccc2s1)NS(=O)(=O)c1cc(CCO)cc2c1NCC(C)(C)C2. The summed E-state index contributed by atoms with van der Waals surface area (Å²) in [5.41, 5.74) is 2.86. The lowest BCUT2D eigenvalue weighted by Gasteiger charge is -2.39. The number of sulfonamides is 1. The number of alkyl halides is 1. The van der Waals surface area contributed by atoms with Crippen molar-refractivity contribution in [3.8, 4) is 0 Å². The number of nitrogens with zero attached hydrogens (tertiary/aromatic N) is 2. The molecule has 3 heterocycles. The zero-order chi connectivity index (χ0) is 29.4. The summed E-state index contributed by atoms with van der Waals surface area (Å²) in [6.07, 6.45) is 1.19. The standard InChI is InChI=1S/C30H39FN4O4S2/c1-4-22-15-21(31)9-11-35(22)29(37)24(16-27-33-23-7-5-6-8-25(23)40-27)34-41(38,39)26-14-19(10-12-36)13-20-17-30(2,3)18-32-28(20)26/h5-8,13-14,21-22,24,32,34,36H,4,9-12,15-18H2,1-3H3/t21?,22?,24-/m0/s1. The molecule has 0 saturated carbocycles. The van der Waals surface area contributed by atoms with Gasteiger partial charge in [0.1, 0.15) is 17.1 Å². The number of amides is 1. The molecule has 0 bridgehead atoms. The second kappa shape index (κ2) is 11.9. The van der Waals surface area contributed by atoms with Crippen molar-refractivity contribution in [2.45, 2.75) is 82.4 Å². The molecule has 2 aromatic carbocycles. The summed E-state index contributed by atoms with van der Waals surface area (Å²) in [4.78, 5) is 20.4. The van der Waals surface area contributed by atoms with Gasteiger partial charge in [0.25, 0.3) is 0 Å². The average Bonchev–Trinajstić information content (AvgIpc) is 3.33. The minimum atomic E-state index is -4.19. The van der Waals surface area contributed by atoms with Gasteiger partial charge >= 0.3 is 0 Å². The van der Waals surface area contributed by atoms with Crippen LogP contribution in [0.4, 0.5) is 10.1 Å². The van der Waals surface area contributed by atoms with Crippen LogP contribution in [0.5, 0.6) is 0 Å². The lowest BCUT2D eigenvalue weighted by molar-refractivity contribution is -0.137. The van der Waals surface area contributed by atoms with Crippen molar-refractivity contribution in [2.24, 2.45) is 5.41 Å². The summed E-state index contributed by atoms with van der Waals surface area (Å²) in [5, 5.41) is 13.6. The third kappa shape index (κ3) is 6.58. The smallest absolute Gasteiger partial charge is 0.243 e. The molecule has 1 fully saturated rings. The van der Waals surface area contributed by atoms with Gasteiger partial charge in [-0.3, -0.25) is 4.79 Å². The number of nitrogens with one attached hydrogen (secondary N) is 2. The van der Waals surface area contributed by atoms with Crippen molar-refractivity contribution in [2.75, 3.05) is 25.0 Å². The van der Waals surface area contributed by atoms with Crippen LogP contribution in [0, 0.1) is 5.41 Å². The first kappa shape index (κ1) is 29.9. The Hall–Kier alpha value is -2.60. The summed E-state index contributed by atoms with van der Waals surface area (Å²) in [6, 6.07) is 9.78. The van der Waals surface area contributed by atoms with Gasteiger partial charge in [-0.2, -0.15) is 4.72 Å². The molecule has 0 radical (unpaired) electrons. The third-order valence-corrected chi connectivity index (χ3v) is 10.6. The lowest BCUT2D eigenvalue weighted by Crippen LogP contribution is -2.55. The molecule has 2 unspecified atom stereocenters. The van der Waals surface area contributed by atoms with Crippen molar-refractivity contribution < 1.29 is 22.7 Å². The predicted molar refractivity (Wildman–Crippen MR) is 161 cm³/mol. The second-order valence-electron chi connectivity index (χ2n) is 12.0. The Morgan fingerprint density at radius 2 is 2.10 bits per heavy atom. The van der Waals surface area contributed by atoms with Crippen molar-refractivity contribution in [3.05, 3.63) is 52.5 Å². The quantitative estimate of drug-likeness (QED) is 0.334. The van der Waals surface area contributed by atoms with Crippen molar-refractivity contribution in [1.82, 2.24) is 14.6 Å². The number of aliphatic hydroxyl groups excluding tert-OH is 1. The predicted octanol–water partition coefficient (Wildman–Crippen LogP) is 4.45. The Kier molecular flexibility index (Phi) is 8.71. The number of likely N-dealkylation sites (tertiary alicyclic amines) is 1. The molecular formula is C30H39FN4O4S2. The monoisotopic (exact) mass is 602 g/mol. The molecule has 3 aromatic rings. The molecule has 2 aliphatic heterocycles. The molecule has 3 N–H and O–H groups in total. The van der Waals surface area contributed by atoms with Gasteiger partial charge in [0.15, 0.2) is 0 Å². The Balaban J connectivity index is 1.52. The van der Waals surface area contributed by atoms with Gasteiger partial charge in [0.05, 0.1) is 20.9 Å². The fraction of sp³-hybridized carbons (Fsp3) is 0.533. The first-order valence-electron chi connectivity index (χ1n) is 14.3. The molecule has 2 aliphatic rings. The van der Waals surface area contributed by atoms with E-state index < -0.39 is 22.2 Å². The van der Waals surface area contributed by atoms with Crippen LogP contribution in [-0.2, 0) is 34.1 Å². The highest BCUT2D eigenvalue weighted by Crippen LogP contribution is 2.37. The molecule has 41 heavy (non-hydrogen) atoms. The molecule has 3 atom stereocenters. The average molecular weight is 603 g/mol. The Morgan fingerprint density at radius 1 is 1.32 bits per heavy atom. The van der Waals surface area contributed by atoms with Gasteiger partial charge in [-0.1, -0.05) is 39.0 Å². The number of aliphatic hydroxyl groups is 1. The van der Waals surface area contributed by atoms with E-state index in [1.807, 2.05) is 37.3 Å². The highest BCUT2D eigenvalue weighted by Gasteiger charge is 2.38. The highest BCUT2D eigenvalue weighted by molar-refractivity contribution is 7.89. The number of anilines is 1. The van der Waals surface area contributed by atoms with E-state index in [1.165, 1.54) is 11.3 Å². The number of hydrogen-bond acceptors (Lipinski definition) is 7. The summed E-state index contributed by atoms with van der Waals surface area (Å²) in [5.74, 6) is -0.360.